The van der Waals surface area contributed by atoms with Gasteiger partial charge in [0.2, 0.25) is 10.0 Å². The first-order valence-corrected chi connectivity index (χ1v) is 9.87. The summed E-state index contributed by atoms with van der Waals surface area (Å²) in [7, 11) is -2.00. The number of benzene rings is 2. The normalized spacial score (nSPS) is 12.2. The van der Waals surface area contributed by atoms with Crippen molar-refractivity contribution in [3.8, 4) is 0 Å². The van der Waals surface area contributed by atoms with Crippen molar-refractivity contribution in [1.29, 1.82) is 0 Å². The number of hydrogen-bond donors (Lipinski definition) is 1. The molecule has 0 aromatic heterocycles. The molecular formula is C20H26N2O3S. The number of hydrogen-bond acceptors (Lipinski definition) is 3. The van der Waals surface area contributed by atoms with E-state index in [1.807, 2.05) is 27.7 Å². The molecule has 0 atom stereocenters. The van der Waals surface area contributed by atoms with E-state index in [0.29, 0.717) is 5.56 Å². The quantitative estimate of drug-likeness (QED) is 0.873. The van der Waals surface area contributed by atoms with Crippen molar-refractivity contribution in [3.63, 3.8) is 0 Å². The van der Waals surface area contributed by atoms with Gasteiger partial charge in [-0.05, 0) is 57.5 Å². The van der Waals surface area contributed by atoms with Crippen LogP contribution in [0.5, 0.6) is 0 Å². The van der Waals surface area contributed by atoms with Crippen LogP contribution in [-0.4, -0.2) is 31.2 Å². The van der Waals surface area contributed by atoms with Gasteiger partial charge >= 0.3 is 0 Å². The molecule has 6 heteroatoms. The Hall–Kier alpha value is -2.18. The van der Waals surface area contributed by atoms with Crippen LogP contribution in [0.25, 0.3) is 0 Å². The van der Waals surface area contributed by atoms with Gasteiger partial charge in [0.15, 0.2) is 0 Å². The van der Waals surface area contributed by atoms with Gasteiger partial charge in [0, 0.05) is 24.7 Å². The first kappa shape index (κ1) is 20.1. The minimum absolute atomic E-state index is 0.148. The fourth-order valence-corrected chi connectivity index (χ4v) is 3.57. The topological polar surface area (TPSA) is 66.5 Å². The fourth-order valence-electron chi connectivity index (χ4n) is 2.41. The summed E-state index contributed by atoms with van der Waals surface area (Å²) in [5.41, 5.74) is 2.07. The van der Waals surface area contributed by atoms with Crippen LogP contribution in [0, 0.1) is 6.92 Å². The molecule has 2 aromatic carbocycles. The van der Waals surface area contributed by atoms with E-state index < -0.39 is 10.0 Å². The third kappa shape index (κ3) is 5.16. The van der Waals surface area contributed by atoms with Gasteiger partial charge in [0.05, 0.1) is 4.90 Å². The summed E-state index contributed by atoms with van der Waals surface area (Å²) in [5.74, 6) is -0.148. The minimum Gasteiger partial charge on any atom is -0.347 e. The van der Waals surface area contributed by atoms with Crippen LogP contribution in [0.3, 0.4) is 0 Å². The summed E-state index contributed by atoms with van der Waals surface area (Å²) >= 11 is 0. The average molecular weight is 375 g/mol. The van der Waals surface area contributed by atoms with Crippen molar-refractivity contribution < 1.29 is 13.2 Å². The maximum absolute atomic E-state index is 12.6. The molecule has 2 aromatic rings. The second-order valence-electron chi connectivity index (χ2n) is 7.48. The van der Waals surface area contributed by atoms with Gasteiger partial charge in [-0.2, -0.15) is 4.31 Å². The van der Waals surface area contributed by atoms with Gasteiger partial charge in [-0.25, -0.2) is 8.42 Å². The predicted molar refractivity (Wildman–Crippen MR) is 103 cm³/mol. The highest BCUT2D eigenvalue weighted by Crippen LogP contribution is 2.18. The smallest absolute Gasteiger partial charge is 0.251 e. The van der Waals surface area contributed by atoms with E-state index in [4.69, 9.17) is 0 Å². The number of amides is 1. The average Bonchev–Trinajstić information content (AvgIpc) is 2.54. The number of sulfonamides is 1. The maximum Gasteiger partial charge on any atom is 0.251 e. The molecule has 0 aliphatic rings. The van der Waals surface area contributed by atoms with Crippen molar-refractivity contribution in [3.05, 3.63) is 65.2 Å². The standard InChI is InChI=1S/C20H26N2O3S/c1-15-6-12-18(13-7-15)26(24,25)22(5)14-16-8-10-17(11-9-16)19(23)21-20(2,3)4/h6-13H,14H2,1-5H3,(H,21,23). The Morgan fingerprint density at radius 1 is 1.00 bits per heavy atom. The number of nitrogens with zero attached hydrogens (tertiary/aromatic N) is 1. The molecule has 0 bridgehead atoms. The van der Waals surface area contributed by atoms with Gasteiger partial charge < -0.3 is 5.32 Å². The van der Waals surface area contributed by atoms with Crippen molar-refractivity contribution in [2.75, 3.05) is 7.05 Å². The van der Waals surface area contributed by atoms with Crippen molar-refractivity contribution in [1.82, 2.24) is 9.62 Å². The molecule has 5 nitrogen and oxygen atoms in total. The molecule has 0 unspecified atom stereocenters. The van der Waals surface area contributed by atoms with Crippen LogP contribution in [0.2, 0.25) is 0 Å². The summed E-state index contributed by atoms with van der Waals surface area (Å²) in [6, 6.07) is 13.8. The molecule has 0 saturated carbocycles. The molecule has 140 valence electrons. The molecule has 1 amide bonds. The lowest BCUT2D eigenvalue weighted by molar-refractivity contribution is 0.0919. The zero-order valence-electron chi connectivity index (χ0n) is 15.9. The maximum atomic E-state index is 12.6. The zero-order valence-corrected chi connectivity index (χ0v) is 16.7. The summed E-state index contributed by atoms with van der Waals surface area (Å²) < 4.78 is 26.6. The number of carbonyl (C=O) groups is 1. The first-order valence-electron chi connectivity index (χ1n) is 8.43. The molecule has 0 heterocycles. The Morgan fingerprint density at radius 3 is 2.04 bits per heavy atom. The molecule has 0 saturated heterocycles. The Balaban J connectivity index is 2.10. The number of rotatable bonds is 5. The van der Waals surface area contributed by atoms with Crippen LogP contribution in [-0.2, 0) is 16.6 Å². The molecule has 1 N–H and O–H groups in total. The fraction of sp³-hybridized carbons (Fsp3) is 0.350. The highest BCUT2D eigenvalue weighted by atomic mass is 32.2. The van der Waals surface area contributed by atoms with E-state index in [0.717, 1.165) is 11.1 Å². The Bertz CT molecular complexity index is 865. The van der Waals surface area contributed by atoms with Crippen LogP contribution in [0.1, 0.15) is 42.3 Å². The summed E-state index contributed by atoms with van der Waals surface area (Å²) in [6.07, 6.45) is 0. The number of nitrogens with one attached hydrogen (secondary N) is 1. The number of carbonyl (C=O) groups excluding carboxylic acids is 1. The Morgan fingerprint density at radius 2 is 1.54 bits per heavy atom. The third-order valence-corrected chi connectivity index (χ3v) is 5.66. The molecule has 0 spiro atoms. The lowest BCUT2D eigenvalue weighted by Crippen LogP contribution is -2.40. The van der Waals surface area contributed by atoms with E-state index >= 15 is 0 Å². The summed E-state index contributed by atoms with van der Waals surface area (Å²) in [4.78, 5) is 12.4. The summed E-state index contributed by atoms with van der Waals surface area (Å²) in [5, 5.41) is 2.90. The summed E-state index contributed by atoms with van der Waals surface area (Å²) in [6.45, 7) is 7.91. The third-order valence-electron chi connectivity index (χ3n) is 3.84. The second-order valence-corrected chi connectivity index (χ2v) is 9.52. The molecule has 2 rings (SSSR count). The zero-order chi connectivity index (χ0) is 19.5. The lowest BCUT2D eigenvalue weighted by atomic mass is 10.1. The van der Waals surface area contributed by atoms with Gasteiger partial charge in [0.25, 0.3) is 5.91 Å². The monoisotopic (exact) mass is 374 g/mol. The Labute approximate surface area is 156 Å². The van der Waals surface area contributed by atoms with E-state index in [-0.39, 0.29) is 22.9 Å². The van der Waals surface area contributed by atoms with Crippen LogP contribution >= 0.6 is 0 Å². The lowest BCUT2D eigenvalue weighted by Gasteiger charge is -2.21. The van der Waals surface area contributed by atoms with Gasteiger partial charge in [-0.1, -0.05) is 29.8 Å². The SMILES string of the molecule is Cc1ccc(S(=O)(=O)N(C)Cc2ccc(C(=O)NC(C)(C)C)cc2)cc1. The van der Waals surface area contributed by atoms with Gasteiger partial charge in [0.1, 0.15) is 0 Å². The molecule has 0 fully saturated rings. The molecule has 26 heavy (non-hydrogen) atoms. The molecular weight excluding hydrogens is 348 g/mol. The first-order chi connectivity index (χ1) is 12.0. The largest absolute Gasteiger partial charge is 0.347 e. The van der Waals surface area contributed by atoms with E-state index in [1.165, 1.54) is 4.31 Å². The van der Waals surface area contributed by atoms with E-state index in [9.17, 15) is 13.2 Å². The van der Waals surface area contributed by atoms with Crippen LogP contribution in [0.4, 0.5) is 0 Å². The van der Waals surface area contributed by atoms with Gasteiger partial charge in [-0.3, -0.25) is 4.79 Å². The van der Waals surface area contributed by atoms with Crippen LogP contribution in [0.15, 0.2) is 53.4 Å². The molecule has 0 aliphatic heterocycles. The van der Waals surface area contributed by atoms with Crippen molar-refractivity contribution in [2.45, 2.75) is 44.7 Å². The molecule has 0 aliphatic carbocycles. The molecule has 0 radical (unpaired) electrons. The van der Waals surface area contributed by atoms with E-state index in [2.05, 4.69) is 5.32 Å². The Kier molecular flexibility index (Phi) is 5.88. The second kappa shape index (κ2) is 7.60. The van der Waals surface area contributed by atoms with Crippen LogP contribution < -0.4 is 5.32 Å². The van der Waals surface area contributed by atoms with Crippen molar-refractivity contribution >= 4 is 15.9 Å². The predicted octanol–water partition coefficient (Wildman–Crippen LogP) is 3.34. The van der Waals surface area contributed by atoms with Gasteiger partial charge in [-0.15, -0.1) is 0 Å². The van der Waals surface area contributed by atoms with Crippen molar-refractivity contribution in [2.24, 2.45) is 0 Å². The highest BCUT2D eigenvalue weighted by molar-refractivity contribution is 7.89. The number of aryl methyl sites for hydroxylation is 1. The minimum atomic E-state index is -3.55. The van der Waals surface area contributed by atoms with E-state index in [1.54, 1.807) is 55.6 Å². The highest BCUT2D eigenvalue weighted by Gasteiger charge is 2.21.